The van der Waals surface area contributed by atoms with Crippen molar-refractivity contribution < 1.29 is 14.3 Å². The van der Waals surface area contributed by atoms with Gasteiger partial charge < -0.3 is 15.8 Å². The van der Waals surface area contributed by atoms with E-state index in [9.17, 15) is 14.9 Å². The maximum Gasteiger partial charge on any atom is 0.348 e. The molecule has 0 fully saturated rings. The largest absolute Gasteiger partial charge is 0.465 e. The Hall–Kier alpha value is -2.69. The Bertz CT molecular complexity index is 780. The average molecular weight is 343 g/mol. The van der Waals surface area contributed by atoms with Crippen LogP contribution in [0.3, 0.4) is 0 Å². The maximum absolute atomic E-state index is 12.3. The van der Waals surface area contributed by atoms with Gasteiger partial charge in [-0.05, 0) is 24.1 Å². The quantitative estimate of drug-likeness (QED) is 0.810. The van der Waals surface area contributed by atoms with Gasteiger partial charge in [0.15, 0.2) is 6.04 Å². The van der Waals surface area contributed by atoms with Gasteiger partial charge in [0.25, 0.3) is 0 Å². The lowest BCUT2D eigenvalue weighted by atomic mass is 10.1. The highest BCUT2D eigenvalue weighted by Gasteiger charge is 2.24. The molecule has 1 aromatic carbocycles. The average Bonchev–Trinajstić information content (AvgIpc) is 3.00. The number of methoxy groups -OCH3 is 1. The molecule has 6 nitrogen and oxygen atoms in total. The van der Waals surface area contributed by atoms with Crippen LogP contribution in [0.5, 0.6) is 0 Å². The summed E-state index contributed by atoms with van der Waals surface area (Å²) in [6.45, 7) is 1.77. The molecule has 0 aliphatic heterocycles. The number of aryl methyl sites for hydroxylation is 1. The first-order valence-electron chi connectivity index (χ1n) is 7.17. The van der Waals surface area contributed by atoms with Crippen LogP contribution in [0.4, 0.5) is 0 Å². The predicted octanol–water partition coefficient (Wildman–Crippen LogP) is 2.22. The van der Waals surface area contributed by atoms with Crippen LogP contribution in [0.25, 0.3) is 0 Å². The third-order valence-corrected chi connectivity index (χ3v) is 4.74. The molecule has 2 aromatic rings. The summed E-state index contributed by atoms with van der Waals surface area (Å²) in [5, 5.41) is 12.0. The molecule has 1 amide bonds. The number of esters is 1. The van der Waals surface area contributed by atoms with Crippen molar-refractivity contribution in [1.82, 2.24) is 5.32 Å². The van der Waals surface area contributed by atoms with Gasteiger partial charge in [-0.1, -0.05) is 30.3 Å². The van der Waals surface area contributed by atoms with Crippen LogP contribution in [0.15, 0.2) is 36.4 Å². The van der Waals surface area contributed by atoms with Crippen LogP contribution < -0.4 is 11.1 Å². The number of amides is 1. The fourth-order valence-electron chi connectivity index (χ4n) is 2.18. The number of benzene rings is 1. The van der Waals surface area contributed by atoms with Crippen LogP contribution >= 0.6 is 11.3 Å². The van der Waals surface area contributed by atoms with Gasteiger partial charge in [-0.15, -0.1) is 11.3 Å². The van der Waals surface area contributed by atoms with E-state index in [4.69, 9.17) is 5.73 Å². The van der Waals surface area contributed by atoms with Crippen molar-refractivity contribution in [3.8, 4) is 6.07 Å². The van der Waals surface area contributed by atoms with Crippen LogP contribution in [-0.2, 0) is 9.53 Å². The highest BCUT2D eigenvalue weighted by atomic mass is 32.1. The minimum atomic E-state index is -0.879. The number of nitrogens with two attached hydrogens (primary N) is 1. The van der Waals surface area contributed by atoms with E-state index in [1.54, 1.807) is 37.3 Å². The number of nitrogens with zero attached hydrogens (tertiary/aromatic N) is 1. The van der Waals surface area contributed by atoms with Gasteiger partial charge in [-0.3, -0.25) is 4.79 Å². The minimum absolute atomic E-state index is 0.381. The number of nitrogens with one attached hydrogen (secondary N) is 1. The molecule has 1 heterocycles. The van der Waals surface area contributed by atoms with E-state index in [2.05, 4.69) is 10.1 Å². The second kappa shape index (κ2) is 7.73. The molecule has 124 valence electrons. The Kier molecular flexibility index (Phi) is 5.68. The number of thiophene rings is 1. The molecule has 0 aliphatic rings. The number of hydrogen-bond acceptors (Lipinski definition) is 6. The molecule has 3 N–H and O–H groups in total. The lowest BCUT2D eigenvalue weighted by Gasteiger charge is -2.16. The summed E-state index contributed by atoms with van der Waals surface area (Å²) in [4.78, 5) is 24.9. The topological polar surface area (TPSA) is 105 Å². The maximum atomic E-state index is 12.3. The van der Waals surface area contributed by atoms with E-state index in [1.807, 2.05) is 12.1 Å². The number of rotatable bonds is 5. The van der Waals surface area contributed by atoms with E-state index >= 15 is 0 Å². The zero-order chi connectivity index (χ0) is 17.7. The molecular formula is C17H17N3O3S. The van der Waals surface area contributed by atoms with Gasteiger partial charge in [0, 0.05) is 4.88 Å². The molecule has 24 heavy (non-hydrogen) atoms. The van der Waals surface area contributed by atoms with Crippen molar-refractivity contribution in [3.05, 3.63) is 57.3 Å². The first kappa shape index (κ1) is 17.7. The van der Waals surface area contributed by atoms with Gasteiger partial charge in [0.2, 0.25) is 5.91 Å². The summed E-state index contributed by atoms with van der Waals surface area (Å²) >= 11 is 1.12. The van der Waals surface area contributed by atoms with Crippen LogP contribution in [-0.4, -0.2) is 19.0 Å². The van der Waals surface area contributed by atoms with Gasteiger partial charge in [-0.25, -0.2) is 4.79 Å². The number of nitriles is 1. The van der Waals surface area contributed by atoms with E-state index in [0.29, 0.717) is 15.3 Å². The molecule has 0 saturated heterocycles. The van der Waals surface area contributed by atoms with Crippen molar-refractivity contribution in [2.75, 3.05) is 7.11 Å². The van der Waals surface area contributed by atoms with Gasteiger partial charge in [-0.2, -0.15) is 5.26 Å². The highest BCUT2D eigenvalue weighted by Crippen LogP contribution is 2.28. The summed E-state index contributed by atoms with van der Waals surface area (Å²) < 4.78 is 4.68. The minimum Gasteiger partial charge on any atom is -0.465 e. The SMILES string of the molecule is COC(=O)c1cc(C)c([C@@H](C#N)NC(=O)[C@H](N)c2ccccc2)s1. The third kappa shape index (κ3) is 3.79. The molecule has 0 radical (unpaired) electrons. The Morgan fingerprint density at radius 3 is 2.58 bits per heavy atom. The Morgan fingerprint density at radius 2 is 2.00 bits per heavy atom. The van der Waals surface area contributed by atoms with Crippen molar-refractivity contribution in [2.45, 2.75) is 19.0 Å². The normalized spacial score (nSPS) is 12.8. The van der Waals surface area contributed by atoms with Gasteiger partial charge >= 0.3 is 5.97 Å². The number of ether oxygens (including phenoxy) is 1. The van der Waals surface area contributed by atoms with Gasteiger partial charge in [0.1, 0.15) is 10.9 Å². The summed E-state index contributed by atoms with van der Waals surface area (Å²) in [5.41, 5.74) is 7.33. The van der Waals surface area contributed by atoms with E-state index in [1.165, 1.54) is 7.11 Å². The van der Waals surface area contributed by atoms with Crippen LogP contribution in [0.2, 0.25) is 0 Å². The fourth-order valence-corrected chi connectivity index (χ4v) is 3.27. The molecule has 7 heteroatoms. The smallest absolute Gasteiger partial charge is 0.348 e. The number of carbonyl (C=O) groups excluding carboxylic acids is 2. The number of carbonyl (C=O) groups is 2. The first-order valence-corrected chi connectivity index (χ1v) is 7.98. The molecular weight excluding hydrogens is 326 g/mol. The van der Waals surface area contributed by atoms with E-state index < -0.39 is 24.0 Å². The predicted molar refractivity (Wildman–Crippen MR) is 90.3 cm³/mol. The lowest BCUT2D eigenvalue weighted by Crippen LogP contribution is -2.36. The number of hydrogen-bond donors (Lipinski definition) is 2. The zero-order valence-electron chi connectivity index (χ0n) is 13.3. The lowest BCUT2D eigenvalue weighted by molar-refractivity contribution is -0.122. The Labute approximate surface area is 143 Å². The molecule has 1 aromatic heterocycles. The van der Waals surface area contributed by atoms with E-state index in [0.717, 1.165) is 16.9 Å². The van der Waals surface area contributed by atoms with Crippen molar-refractivity contribution in [2.24, 2.45) is 5.73 Å². The van der Waals surface area contributed by atoms with Gasteiger partial charge in [0.05, 0.1) is 13.2 Å². The van der Waals surface area contributed by atoms with Crippen molar-refractivity contribution in [1.29, 1.82) is 5.26 Å². The summed E-state index contributed by atoms with van der Waals surface area (Å²) in [5.74, 6) is -0.932. The summed E-state index contributed by atoms with van der Waals surface area (Å²) in [6, 6.07) is 10.8. The first-order chi connectivity index (χ1) is 11.5. The standard InChI is InChI=1S/C17H17N3O3S/c1-10-8-13(17(22)23-2)24-15(10)12(9-18)20-16(21)14(19)11-6-4-3-5-7-11/h3-8,12,14H,19H2,1-2H3,(H,20,21)/t12-,14-/m1/s1. The molecule has 0 aliphatic carbocycles. The Balaban J connectivity index is 2.18. The molecule has 0 unspecified atom stereocenters. The molecule has 2 atom stereocenters. The van der Waals surface area contributed by atoms with Crippen LogP contribution in [0.1, 0.15) is 37.8 Å². The summed E-state index contributed by atoms with van der Waals surface area (Å²) in [6.07, 6.45) is 0. The fraction of sp³-hybridized carbons (Fsp3) is 0.235. The monoisotopic (exact) mass is 343 g/mol. The molecule has 0 bridgehead atoms. The second-order valence-corrected chi connectivity index (χ2v) is 6.19. The van der Waals surface area contributed by atoms with Crippen molar-refractivity contribution >= 4 is 23.2 Å². The van der Waals surface area contributed by atoms with Crippen molar-refractivity contribution in [3.63, 3.8) is 0 Å². The molecule has 2 rings (SSSR count). The molecule has 0 spiro atoms. The second-order valence-electron chi connectivity index (χ2n) is 5.11. The third-order valence-electron chi connectivity index (χ3n) is 3.46. The Morgan fingerprint density at radius 1 is 1.33 bits per heavy atom. The van der Waals surface area contributed by atoms with Crippen LogP contribution in [0, 0.1) is 18.3 Å². The highest BCUT2D eigenvalue weighted by molar-refractivity contribution is 7.14. The van der Waals surface area contributed by atoms with E-state index in [-0.39, 0.29) is 0 Å². The summed E-state index contributed by atoms with van der Waals surface area (Å²) in [7, 11) is 1.29. The molecule has 0 saturated carbocycles. The zero-order valence-corrected chi connectivity index (χ0v) is 14.1.